The minimum atomic E-state index is -4.31. The van der Waals surface area contributed by atoms with Crippen molar-refractivity contribution in [2.45, 2.75) is 12.3 Å². The summed E-state index contributed by atoms with van der Waals surface area (Å²) in [6.45, 7) is -0.793. The molecule has 120 valence electrons. The number of alkyl halides is 3. The highest BCUT2D eigenvalue weighted by molar-refractivity contribution is 9.10. The van der Waals surface area contributed by atoms with Crippen LogP contribution in [-0.4, -0.2) is 50.3 Å². The van der Waals surface area contributed by atoms with E-state index in [1.54, 1.807) is 12.1 Å². The number of ether oxygens (including phenoxy) is 2. The van der Waals surface area contributed by atoms with Gasteiger partial charge in [-0.25, -0.2) is 0 Å². The summed E-state index contributed by atoms with van der Waals surface area (Å²) in [7, 11) is 0. The lowest BCUT2D eigenvalue weighted by Crippen LogP contribution is -2.33. The van der Waals surface area contributed by atoms with Gasteiger partial charge in [0.05, 0.1) is 6.61 Å². The maximum atomic E-state index is 11.8. The van der Waals surface area contributed by atoms with Gasteiger partial charge in [-0.05, 0) is 24.3 Å². The van der Waals surface area contributed by atoms with E-state index in [1.165, 1.54) is 0 Å². The molecule has 0 amide bonds. The molecule has 1 aromatic rings. The molecule has 0 heterocycles. The Kier molecular flexibility index (Phi) is 8.02. The Labute approximate surface area is 129 Å². The summed E-state index contributed by atoms with van der Waals surface area (Å²) in [5.41, 5.74) is 0. The highest BCUT2D eigenvalue weighted by atomic mass is 79.9. The zero-order chi connectivity index (χ0) is 15.7. The molecule has 0 fully saturated rings. The molecule has 21 heavy (non-hydrogen) atoms. The van der Waals surface area contributed by atoms with Gasteiger partial charge in [-0.15, -0.1) is 0 Å². The van der Waals surface area contributed by atoms with Gasteiger partial charge in [0.15, 0.2) is 0 Å². The van der Waals surface area contributed by atoms with Crippen molar-refractivity contribution in [2.75, 3.05) is 32.9 Å². The van der Waals surface area contributed by atoms with Gasteiger partial charge in [-0.1, -0.05) is 15.9 Å². The minimum Gasteiger partial charge on any atom is -0.491 e. The Morgan fingerprint density at radius 2 is 1.90 bits per heavy atom. The maximum Gasteiger partial charge on any atom is 0.411 e. The SMILES string of the molecule is OC(CNCCOCC(F)(F)F)COc1ccc(Br)cc1. The summed E-state index contributed by atoms with van der Waals surface area (Å²) < 4.78 is 46.0. The molecule has 0 bridgehead atoms. The lowest BCUT2D eigenvalue weighted by Gasteiger charge is -2.13. The van der Waals surface area contributed by atoms with Gasteiger partial charge >= 0.3 is 6.18 Å². The average Bonchev–Trinajstić information content (AvgIpc) is 2.41. The number of halogens is 4. The number of aliphatic hydroxyl groups is 1. The van der Waals surface area contributed by atoms with E-state index >= 15 is 0 Å². The van der Waals surface area contributed by atoms with E-state index in [4.69, 9.17) is 4.74 Å². The molecule has 0 aliphatic rings. The van der Waals surface area contributed by atoms with Crippen LogP contribution >= 0.6 is 15.9 Å². The van der Waals surface area contributed by atoms with Gasteiger partial charge in [0.25, 0.3) is 0 Å². The van der Waals surface area contributed by atoms with E-state index in [2.05, 4.69) is 26.0 Å². The summed E-state index contributed by atoms with van der Waals surface area (Å²) >= 11 is 3.30. The first kappa shape index (κ1) is 18.2. The zero-order valence-corrected chi connectivity index (χ0v) is 12.8. The summed E-state index contributed by atoms with van der Waals surface area (Å²) in [4.78, 5) is 0. The minimum absolute atomic E-state index is 0.0696. The van der Waals surface area contributed by atoms with Gasteiger partial charge in [-0.2, -0.15) is 13.2 Å². The largest absolute Gasteiger partial charge is 0.491 e. The molecular formula is C13H17BrF3NO3. The molecular weight excluding hydrogens is 355 g/mol. The lowest BCUT2D eigenvalue weighted by atomic mass is 10.3. The second-order valence-corrected chi connectivity index (χ2v) is 5.21. The van der Waals surface area contributed by atoms with E-state index in [9.17, 15) is 18.3 Å². The number of hydrogen-bond acceptors (Lipinski definition) is 4. The number of aliphatic hydroxyl groups excluding tert-OH is 1. The Bertz CT molecular complexity index is 401. The van der Waals surface area contributed by atoms with Crippen LogP contribution in [0.3, 0.4) is 0 Å². The van der Waals surface area contributed by atoms with Gasteiger partial charge < -0.3 is 19.9 Å². The van der Waals surface area contributed by atoms with Crippen molar-refractivity contribution in [1.29, 1.82) is 0 Å². The summed E-state index contributed by atoms with van der Waals surface area (Å²) in [6, 6.07) is 7.15. The summed E-state index contributed by atoms with van der Waals surface area (Å²) in [5, 5.41) is 12.4. The number of benzene rings is 1. The molecule has 0 aliphatic carbocycles. The van der Waals surface area contributed by atoms with Crippen LogP contribution in [0, 0.1) is 0 Å². The first-order chi connectivity index (χ1) is 9.87. The van der Waals surface area contributed by atoms with E-state index in [1.807, 2.05) is 12.1 Å². The Balaban J connectivity index is 2.03. The molecule has 0 radical (unpaired) electrons. The van der Waals surface area contributed by atoms with Crippen LogP contribution in [0.1, 0.15) is 0 Å². The fourth-order valence-electron chi connectivity index (χ4n) is 1.38. The molecule has 8 heteroatoms. The quantitative estimate of drug-likeness (QED) is 0.654. The van der Waals surface area contributed by atoms with Crippen LogP contribution in [0.2, 0.25) is 0 Å². The third kappa shape index (κ3) is 9.67. The van der Waals surface area contributed by atoms with Crippen molar-refractivity contribution in [3.8, 4) is 5.75 Å². The zero-order valence-electron chi connectivity index (χ0n) is 11.2. The fraction of sp³-hybridized carbons (Fsp3) is 0.538. The van der Waals surface area contributed by atoms with Crippen LogP contribution < -0.4 is 10.1 Å². The molecule has 0 saturated carbocycles. The van der Waals surface area contributed by atoms with E-state index in [0.717, 1.165) is 4.47 Å². The normalized spacial score (nSPS) is 13.2. The van der Waals surface area contributed by atoms with Crippen LogP contribution in [0.15, 0.2) is 28.7 Å². The van der Waals surface area contributed by atoms with Gasteiger partial charge in [0.2, 0.25) is 0 Å². The molecule has 1 unspecified atom stereocenters. The monoisotopic (exact) mass is 371 g/mol. The van der Waals surface area contributed by atoms with Crippen LogP contribution in [-0.2, 0) is 4.74 Å². The van der Waals surface area contributed by atoms with Crippen LogP contribution in [0.25, 0.3) is 0 Å². The smallest absolute Gasteiger partial charge is 0.411 e. The Morgan fingerprint density at radius 3 is 2.52 bits per heavy atom. The molecule has 4 nitrogen and oxygen atoms in total. The molecule has 0 aromatic heterocycles. The standard InChI is InChI=1S/C13H17BrF3NO3/c14-10-1-3-12(4-2-10)21-8-11(19)7-18-5-6-20-9-13(15,16)17/h1-4,11,18-19H,5-9H2. The molecule has 2 N–H and O–H groups in total. The lowest BCUT2D eigenvalue weighted by molar-refractivity contribution is -0.173. The predicted molar refractivity (Wildman–Crippen MR) is 75.4 cm³/mol. The number of hydrogen-bond donors (Lipinski definition) is 2. The van der Waals surface area contributed by atoms with Crippen molar-refractivity contribution < 1.29 is 27.8 Å². The maximum absolute atomic E-state index is 11.8. The number of rotatable bonds is 9. The average molecular weight is 372 g/mol. The van der Waals surface area contributed by atoms with Gasteiger partial charge in [0, 0.05) is 17.6 Å². The molecule has 1 aromatic carbocycles. The Morgan fingerprint density at radius 1 is 1.24 bits per heavy atom. The highest BCUT2D eigenvalue weighted by Crippen LogP contribution is 2.16. The second kappa shape index (κ2) is 9.24. The van der Waals surface area contributed by atoms with E-state index < -0.39 is 18.9 Å². The highest BCUT2D eigenvalue weighted by Gasteiger charge is 2.27. The molecule has 0 saturated heterocycles. The summed E-state index contributed by atoms with van der Waals surface area (Å²) in [6.07, 6.45) is -5.06. The van der Waals surface area contributed by atoms with Crippen molar-refractivity contribution in [3.05, 3.63) is 28.7 Å². The molecule has 0 spiro atoms. The summed E-state index contributed by atoms with van der Waals surface area (Å²) in [5.74, 6) is 0.630. The Hall–Kier alpha value is -0.830. The molecule has 0 aliphatic heterocycles. The third-order valence-corrected chi connectivity index (χ3v) is 2.85. The molecule has 1 atom stereocenters. The fourth-order valence-corrected chi connectivity index (χ4v) is 1.65. The first-order valence-electron chi connectivity index (χ1n) is 6.28. The van der Waals surface area contributed by atoms with Gasteiger partial charge in [-0.3, -0.25) is 0 Å². The van der Waals surface area contributed by atoms with Crippen molar-refractivity contribution in [3.63, 3.8) is 0 Å². The van der Waals surface area contributed by atoms with Crippen molar-refractivity contribution in [1.82, 2.24) is 5.32 Å². The molecule has 1 rings (SSSR count). The van der Waals surface area contributed by atoms with E-state index in [-0.39, 0.29) is 26.3 Å². The third-order valence-electron chi connectivity index (χ3n) is 2.32. The van der Waals surface area contributed by atoms with Crippen LogP contribution in [0.5, 0.6) is 5.75 Å². The topological polar surface area (TPSA) is 50.7 Å². The van der Waals surface area contributed by atoms with E-state index in [0.29, 0.717) is 5.75 Å². The number of nitrogens with one attached hydrogen (secondary N) is 1. The second-order valence-electron chi connectivity index (χ2n) is 4.29. The van der Waals surface area contributed by atoms with Crippen molar-refractivity contribution in [2.24, 2.45) is 0 Å². The first-order valence-corrected chi connectivity index (χ1v) is 7.08. The van der Waals surface area contributed by atoms with Crippen LogP contribution in [0.4, 0.5) is 13.2 Å². The predicted octanol–water partition coefficient (Wildman–Crippen LogP) is 2.36. The van der Waals surface area contributed by atoms with Crippen molar-refractivity contribution >= 4 is 15.9 Å². The van der Waals surface area contributed by atoms with Gasteiger partial charge in [0.1, 0.15) is 25.1 Å².